The second kappa shape index (κ2) is 6.24. The summed E-state index contributed by atoms with van der Waals surface area (Å²) in [5, 5.41) is 3.06. The highest BCUT2D eigenvalue weighted by molar-refractivity contribution is 5.31. The molecule has 2 rings (SSSR count). The van der Waals surface area contributed by atoms with Crippen molar-refractivity contribution in [3.8, 4) is 11.6 Å². The normalized spacial score (nSPS) is 10.5. The van der Waals surface area contributed by atoms with Crippen molar-refractivity contribution in [1.82, 2.24) is 15.3 Å². The SMILES string of the molecule is CCc1ncnc(Oc2ccc(CNC)cc2)c1F. The van der Waals surface area contributed by atoms with Gasteiger partial charge in [-0.25, -0.2) is 4.98 Å². The van der Waals surface area contributed by atoms with Gasteiger partial charge in [0.25, 0.3) is 5.88 Å². The number of rotatable bonds is 5. The van der Waals surface area contributed by atoms with Gasteiger partial charge in [0.1, 0.15) is 12.1 Å². The molecule has 0 spiro atoms. The number of hydrogen-bond donors (Lipinski definition) is 1. The third-order valence-corrected chi connectivity index (χ3v) is 2.68. The fourth-order valence-corrected chi connectivity index (χ4v) is 1.70. The number of hydrogen-bond acceptors (Lipinski definition) is 4. The van der Waals surface area contributed by atoms with Crippen LogP contribution >= 0.6 is 0 Å². The van der Waals surface area contributed by atoms with Crippen molar-refractivity contribution in [3.63, 3.8) is 0 Å². The van der Waals surface area contributed by atoms with Crippen molar-refractivity contribution in [2.24, 2.45) is 0 Å². The highest BCUT2D eigenvalue weighted by atomic mass is 19.1. The Morgan fingerprint density at radius 3 is 2.58 bits per heavy atom. The lowest BCUT2D eigenvalue weighted by atomic mass is 10.2. The molecule has 0 unspecified atom stereocenters. The molecule has 0 radical (unpaired) electrons. The Morgan fingerprint density at radius 2 is 1.95 bits per heavy atom. The van der Waals surface area contributed by atoms with Crippen LogP contribution in [-0.2, 0) is 13.0 Å². The van der Waals surface area contributed by atoms with Gasteiger partial charge in [-0.1, -0.05) is 19.1 Å². The van der Waals surface area contributed by atoms with Gasteiger partial charge in [0.05, 0.1) is 5.69 Å². The zero-order valence-electron chi connectivity index (χ0n) is 11.0. The van der Waals surface area contributed by atoms with Gasteiger partial charge in [-0.15, -0.1) is 0 Å². The molecule has 1 heterocycles. The number of ether oxygens (including phenoxy) is 1. The fourth-order valence-electron chi connectivity index (χ4n) is 1.70. The van der Waals surface area contributed by atoms with Crippen LogP contribution in [0, 0.1) is 5.82 Å². The van der Waals surface area contributed by atoms with E-state index >= 15 is 0 Å². The first-order valence-electron chi connectivity index (χ1n) is 6.15. The number of nitrogens with zero attached hydrogens (tertiary/aromatic N) is 2. The highest BCUT2D eigenvalue weighted by Crippen LogP contribution is 2.23. The van der Waals surface area contributed by atoms with E-state index in [2.05, 4.69) is 15.3 Å². The van der Waals surface area contributed by atoms with Crippen LogP contribution in [0.3, 0.4) is 0 Å². The average Bonchev–Trinajstić information content (AvgIpc) is 2.43. The first kappa shape index (κ1) is 13.4. The monoisotopic (exact) mass is 261 g/mol. The maximum Gasteiger partial charge on any atom is 0.259 e. The highest BCUT2D eigenvalue weighted by Gasteiger charge is 2.11. The molecule has 4 nitrogen and oxygen atoms in total. The number of aromatic nitrogens is 2. The van der Waals surface area contributed by atoms with Crippen LogP contribution in [0.2, 0.25) is 0 Å². The molecule has 0 bridgehead atoms. The summed E-state index contributed by atoms with van der Waals surface area (Å²) in [4.78, 5) is 7.68. The molecule has 1 aromatic carbocycles. The van der Waals surface area contributed by atoms with Gasteiger partial charge in [0, 0.05) is 6.54 Å². The van der Waals surface area contributed by atoms with Gasteiger partial charge >= 0.3 is 0 Å². The number of aryl methyl sites for hydroxylation is 1. The lowest BCUT2D eigenvalue weighted by molar-refractivity contribution is 0.415. The van der Waals surface area contributed by atoms with Crippen molar-refractivity contribution in [2.45, 2.75) is 19.9 Å². The van der Waals surface area contributed by atoms with Crippen LogP contribution in [-0.4, -0.2) is 17.0 Å². The van der Waals surface area contributed by atoms with E-state index in [1.54, 1.807) is 12.1 Å². The second-order valence-electron chi connectivity index (χ2n) is 4.07. The van der Waals surface area contributed by atoms with Gasteiger partial charge in [-0.2, -0.15) is 9.37 Å². The number of benzene rings is 1. The van der Waals surface area contributed by atoms with Crippen LogP contribution in [0.1, 0.15) is 18.2 Å². The molecule has 100 valence electrons. The fraction of sp³-hybridized carbons (Fsp3) is 0.286. The molecule has 1 N–H and O–H groups in total. The molecule has 2 aromatic rings. The molecule has 19 heavy (non-hydrogen) atoms. The van der Waals surface area contributed by atoms with Gasteiger partial charge in [0.15, 0.2) is 0 Å². The Bertz CT molecular complexity index is 543. The zero-order chi connectivity index (χ0) is 13.7. The molecule has 0 aliphatic carbocycles. The van der Waals surface area contributed by atoms with Crippen molar-refractivity contribution in [1.29, 1.82) is 0 Å². The van der Waals surface area contributed by atoms with Crippen molar-refractivity contribution in [3.05, 3.63) is 47.7 Å². The molecule has 5 heteroatoms. The number of nitrogens with one attached hydrogen (secondary N) is 1. The predicted octanol–water partition coefficient (Wildman–Crippen LogP) is 2.69. The Hall–Kier alpha value is -2.01. The third-order valence-electron chi connectivity index (χ3n) is 2.68. The Balaban J connectivity index is 2.16. The van der Waals surface area contributed by atoms with E-state index in [0.717, 1.165) is 12.1 Å². The first-order chi connectivity index (χ1) is 9.24. The van der Waals surface area contributed by atoms with Crippen LogP contribution < -0.4 is 10.1 Å². The predicted molar refractivity (Wildman–Crippen MR) is 70.6 cm³/mol. The summed E-state index contributed by atoms with van der Waals surface area (Å²) in [6.45, 7) is 2.61. The molecule has 0 aliphatic heterocycles. The molecule has 0 amide bonds. The first-order valence-corrected chi connectivity index (χ1v) is 6.15. The molecular weight excluding hydrogens is 245 g/mol. The van der Waals surface area contributed by atoms with Crippen molar-refractivity contribution >= 4 is 0 Å². The van der Waals surface area contributed by atoms with Crippen LogP contribution in [0.4, 0.5) is 4.39 Å². The second-order valence-corrected chi connectivity index (χ2v) is 4.07. The molecule has 1 aromatic heterocycles. The van der Waals surface area contributed by atoms with Crippen LogP contribution in [0.15, 0.2) is 30.6 Å². The lowest BCUT2D eigenvalue weighted by Crippen LogP contribution is -2.04. The Labute approximate surface area is 111 Å². The zero-order valence-corrected chi connectivity index (χ0v) is 11.0. The molecule has 0 fully saturated rings. The maximum absolute atomic E-state index is 13.9. The quantitative estimate of drug-likeness (QED) is 0.899. The van der Waals surface area contributed by atoms with Crippen molar-refractivity contribution < 1.29 is 9.13 Å². The molecule has 0 aliphatic rings. The minimum absolute atomic E-state index is 0.0341. The lowest BCUT2D eigenvalue weighted by Gasteiger charge is -2.08. The van der Waals surface area contributed by atoms with Gasteiger partial charge in [-0.05, 0) is 31.2 Å². The summed E-state index contributed by atoms with van der Waals surface area (Å²) < 4.78 is 19.3. The van der Waals surface area contributed by atoms with Gasteiger partial charge < -0.3 is 10.1 Å². The van der Waals surface area contributed by atoms with Crippen LogP contribution in [0.5, 0.6) is 11.6 Å². The Kier molecular flexibility index (Phi) is 4.41. The number of halogens is 1. The smallest absolute Gasteiger partial charge is 0.259 e. The Morgan fingerprint density at radius 1 is 1.21 bits per heavy atom. The molecule has 0 atom stereocenters. The molecule has 0 saturated carbocycles. The van der Waals surface area contributed by atoms with E-state index in [9.17, 15) is 4.39 Å². The topological polar surface area (TPSA) is 47.0 Å². The van der Waals surface area contributed by atoms with E-state index in [1.165, 1.54) is 6.33 Å². The molecule has 0 saturated heterocycles. The summed E-state index contributed by atoms with van der Waals surface area (Å²) in [6, 6.07) is 7.43. The average molecular weight is 261 g/mol. The summed E-state index contributed by atoms with van der Waals surface area (Å²) in [6.07, 6.45) is 1.82. The van der Waals surface area contributed by atoms with Crippen LogP contribution in [0.25, 0.3) is 0 Å². The van der Waals surface area contributed by atoms with E-state index in [1.807, 2.05) is 26.1 Å². The minimum Gasteiger partial charge on any atom is -0.436 e. The van der Waals surface area contributed by atoms with Crippen molar-refractivity contribution in [2.75, 3.05) is 7.05 Å². The van der Waals surface area contributed by atoms with Gasteiger partial charge in [0.2, 0.25) is 5.82 Å². The largest absolute Gasteiger partial charge is 0.436 e. The molecular formula is C14H16FN3O. The summed E-state index contributed by atoms with van der Waals surface area (Å²) in [5.74, 6) is 0.0250. The van der Waals surface area contributed by atoms with E-state index in [-0.39, 0.29) is 5.88 Å². The van der Waals surface area contributed by atoms with E-state index in [4.69, 9.17) is 4.74 Å². The summed E-state index contributed by atoms with van der Waals surface area (Å²) in [5.41, 5.74) is 1.49. The summed E-state index contributed by atoms with van der Waals surface area (Å²) >= 11 is 0. The van der Waals surface area contributed by atoms with E-state index < -0.39 is 5.82 Å². The maximum atomic E-state index is 13.9. The van der Waals surface area contributed by atoms with E-state index in [0.29, 0.717) is 17.9 Å². The van der Waals surface area contributed by atoms with Gasteiger partial charge in [-0.3, -0.25) is 0 Å². The minimum atomic E-state index is -0.496. The summed E-state index contributed by atoms with van der Waals surface area (Å²) in [7, 11) is 1.88. The third kappa shape index (κ3) is 3.26. The standard InChI is InChI=1S/C14H16FN3O/c1-3-12-13(15)14(18-9-17-12)19-11-6-4-10(5-7-11)8-16-2/h4-7,9,16H,3,8H2,1-2H3.